The Kier molecular flexibility index (Phi) is 8.05. The molecule has 2 aromatic heterocycles. The summed E-state index contributed by atoms with van der Waals surface area (Å²) in [6, 6.07) is 0. The second kappa shape index (κ2) is 9.64. The standard InChI is InChI=1S/C10H13N5O3.H5O10P3/c11-8-7-9(13-3-12-8)15(4-14-7)10-6(17)1-5(2-16)18-10;1-11(2,3)9-13(7,8)10-12(4,5)6/h3-6,10,16-17H,1-2H2,(H2,11,12,13);(H,7,8)(H2,1,2,3)(H2,4,5,6)/t5-,6+,10+;/m0./s1. The molecule has 0 unspecified atom stereocenters. The Morgan fingerprint density at radius 3 is 2.16 bits per heavy atom. The van der Waals surface area contributed by atoms with Crippen LogP contribution in [0.25, 0.3) is 11.2 Å². The number of phosphoric acid groups is 3. The minimum Gasteiger partial charge on any atom is -0.394 e. The predicted octanol–water partition coefficient (Wildman–Crippen LogP) is -1.65. The number of imidazole rings is 1. The number of ether oxygens (including phenoxy) is 1. The van der Waals surface area contributed by atoms with Gasteiger partial charge in [0.25, 0.3) is 0 Å². The Bertz CT molecular complexity index is 1020. The number of aromatic nitrogens is 4. The normalized spacial score (nSPS) is 22.4. The van der Waals surface area contributed by atoms with Gasteiger partial charge in [0.1, 0.15) is 17.9 Å². The molecule has 1 fully saturated rings. The Balaban J connectivity index is 0.000000235. The van der Waals surface area contributed by atoms with Gasteiger partial charge in [0.2, 0.25) is 0 Å². The fourth-order valence-electron chi connectivity index (χ4n) is 2.44. The number of hydrogen-bond donors (Lipinski definition) is 8. The number of fused-ring (bicyclic) bond motifs is 1. The van der Waals surface area contributed by atoms with E-state index in [4.69, 9.17) is 40.0 Å². The summed E-state index contributed by atoms with van der Waals surface area (Å²) < 4.78 is 43.5. The molecule has 0 amide bonds. The van der Waals surface area contributed by atoms with Gasteiger partial charge in [-0.25, -0.2) is 28.6 Å². The molecule has 21 heteroatoms. The summed E-state index contributed by atoms with van der Waals surface area (Å²) in [5, 5.41) is 19.0. The lowest BCUT2D eigenvalue weighted by atomic mass is 10.2. The van der Waals surface area contributed by atoms with Crippen molar-refractivity contribution in [1.29, 1.82) is 0 Å². The van der Waals surface area contributed by atoms with E-state index in [1.165, 1.54) is 12.7 Å². The van der Waals surface area contributed by atoms with Gasteiger partial charge >= 0.3 is 23.5 Å². The van der Waals surface area contributed by atoms with Crippen LogP contribution in [0.2, 0.25) is 0 Å². The summed E-state index contributed by atoms with van der Waals surface area (Å²) in [6.07, 6.45) is 1.52. The van der Waals surface area contributed by atoms with Crippen molar-refractivity contribution in [3.8, 4) is 0 Å². The molecule has 18 nitrogen and oxygen atoms in total. The van der Waals surface area contributed by atoms with E-state index >= 15 is 0 Å². The van der Waals surface area contributed by atoms with Crippen LogP contribution in [-0.4, -0.2) is 73.0 Å². The number of aliphatic hydroxyl groups is 2. The molecule has 0 saturated carbocycles. The Morgan fingerprint density at radius 2 is 1.68 bits per heavy atom. The van der Waals surface area contributed by atoms with Crippen LogP contribution in [-0.2, 0) is 27.1 Å². The molecular formula is C10H18N5O13P3. The second-order valence-corrected chi connectivity index (χ2v) is 10.0. The third kappa shape index (κ3) is 7.62. The molecule has 31 heavy (non-hydrogen) atoms. The minimum atomic E-state index is -5.46. The van der Waals surface area contributed by atoms with Crippen molar-refractivity contribution in [2.45, 2.75) is 24.9 Å². The number of rotatable bonds is 6. The van der Waals surface area contributed by atoms with Gasteiger partial charge in [-0.05, 0) is 0 Å². The average molecular weight is 509 g/mol. The summed E-state index contributed by atoms with van der Waals surface area (Å²) >= 11 is 0. The van der Waals surface area contributed by atoms with Crippen molar-refractivity contribution >= 4 is 40.4 Å². The first-order valence-corrected chi connectivity index (χ1v) is 12.4. The van der Waals surface area contributed by atoms with Crippen molar-refractivity contribution in [1.82, 2.24) is 19.5 Å². The zero-order chi connectivity index (χ0) is 23.6. The van der Waals surface area contributed by atoms with Crippen LogP contribution in [0, 0.1) is 0 Å². The highest BCUT2D eigenvalue weighted by Crippen LogP contribution is 2.64. The largest absolute Gasteiger partial charge is 0.490 e. The molecule has 176 valence electrons. The predicted molar refractivity (Wildman–Crippen MR) is 97.4 cm³/mol. The van der Waals surface area contributed by atoms with Crippen molar-refractivity contribution < 1.29 is 61.7 Å². The fourth-order valence-corrected chi connectivity index (χ4v) is 4.98. The molecule has 1 aliphatic rings. The number of nitrogens with zero attached hydrogens (tertiary/aromatic N) is 4. The Hall–Kier alpha value is -1.36. The van der Waals surface area contributed by atoms with E-state index in [1.807, 2.05) is 0 Å². The van der Waals surface area contributed by atoms with E-state index in [0.29, 0.717) is 17.6 Å². The van der Waals surface area contributed by atoms with Crippen LogP contribution in [0.4, 0.5) is 5.82 Å². The molecule has 3 heterocycles. The first kappa shape index (κ1) is 25.9. The van der Waals surface area contributed by atoms with Gasteiger partial charge in [-0.15, -0.1) is 0 Å². The Labute approximate surface area is 172 Å². The number of anilines is 1. The summed E-state index contributed by atoms with van der Waals surface area (Å²) in [7, 11) is -16.2. The van der Waals surface area contributed by atoms with E-state index in [2.05, 4.69) is 23.6 Å². The second-order valence-electron chi connectivity index (χ2n) is 5.83. The van der Waals surface area contributed by atoms with E-state index in [0.717, 1.165) is 0 Å². The Morgan fingerprint density at radius 1 is 1.10 bits per heavy atom. The van der Waals surface area contributed by atoms with Gasteiger partial charge in [-0.1, -0.05) is 0 Å². The van der Waals surface area contributed by atoms with E-state index in [1.54, 1.807) is 4.57 Å². The summed E-state index contributed by atoms with van der Waals surface area (Å²) in [6.45, 7) is -0.128. The highest BCUT2D eigenvalue weighted by atomic mass is 31.3. The van der Waals surface area contributed by atoms with Gasteiger partial charge in [-0.3, -0.25) is 4.57 Å². The van der Waals surface area contributed by atoms with Crippen molar-refractivity contribution in [3.05, 3.63) is 12.7 Å². The number of nitrogen functional groups attached to an aromatic ring is 1. The SMILES string of the molecule is Nc1ncnc2c1ncn2[C@@H]1O[C@H](CO)C[C@H]1O.O=P(O)(O)OP(=O)(O)OP(=O)(O)O. The molecule has 3 rings (SSSR count). The maximum absolute atomic E-state index is 10.4. The van der Waals surface area contributed by atoms with Gasteiger partial charge < -0.3 is 45.2 Å². The van der Waals surface area contributed by atoms with Crippen molar-refractivity contribution in [3.63, 3.8) is 0 Å². The molecule has 2 aromatic rings. The molecule has 0 radical (unpaired) electrons. The van der Waals surface area contributed by atoms with Gasteiger partial charge in [0, 0.05) is 6.42 Å². The van der Waals surface area contributed by atoms with Gasteiger partial charge in [-0.2, -0.15) is 8.62 Å². The van der Waals surface area contributed by atoms with Gasteiger partial charge in [0.05, 0.1) is 19.0 Å². The summed E-state index contributed by atoms with van der Waals surface area (Å²) in [5.74, 6) is 0.282. The summed E-state index contributed by atoms with van der Waals surface area (Å²) in [5.41, 5.74) is 6.66. The molecule has 1 saturated heterocycles. The molecule has 9 N–H and O–H groups in total. The van der Waals surface area contributed by atoms with Gasteiger partial charge in [0.15, 0.2) is 17.7 Å². The van der Waals surface area contributed by atoms with Crippen LogP contribution in [0.5, 0.6) is 0 Å². The van der Waals surface area contributed by atoms with E-state index < -0.39 is 35.8 Å². The lowest BCUT2D eigenvalue weighted by molar-refractivity contribution is -0.0486. The quantitative estimate of drug-likeness (QED) is 0.202. The zero-order valence-electron chi connectivity index (χ0n) is 15.1. The van der Waals surface area contributed by atoms with Crippen molar-refractivity contribution in [2.24, 2.45) is 0 Å². The van der Waals surface area contributed by atoms with Crippen LogP contribution in [0.3, 0.4) is 0 Å². The zero-order valence-corrected chi connectivity index (χ0v) is 17.8. The fraction of sp³-hybridized carbons (Fsp3) is 0.500. The topological polar surface area (TPSA) is 290 Å². The number of nitrogens with two attached hydrogens (primary N) is 1. The highest BCUT2D eigenvalue weighted by molar-refractivity contribution is 7.66. The summed E-state index contributed by atoms with van der Waals surface area (Å²) in [4.78, 5) is 52.2. The third-order valence-corrected chi connectivity index (χ3v) is 6.80. The van der Waals surface area contributed by atoms with E-state index in [-0.39, 0.29) is 18.5 Å². The smallest absolute Gasteiger partial charge is 0.394 e. The molecular weight excluding hydrogens is 491 g/mol. The van der Waals surface area contributed by atoms with Crippen molar-refractivity contribution in [2.75, 3.05) is 12.3 Å². The average Bonchev–Trinajstić information content (AvgIpc) is 3.14. The van der Waals surface area contributed by atoms with E-state index in [9.17, 15) is 18.8 Å². The molecule has 0 aromatic carbocycles. The first-order valence-electron chi connectivity index (χ1n) is 7.86. The molecule has 0 bridgehead atoms. The number of hydrogen-bond acceptors (Lipinski definition) is 12. The lowest BCUT2D eigenvalue weighted by Gasteiger charge is -2.16. The minimum absolute atomic E-state index is 0.128. The highest BCUT2D eigenvalue weighted by Gasteiger charge is 2.39. The van der Waals surface area contributed by atoms with Crippen LogP contribution in [0.1, 0.15) is 12.6 Å². The monoisotopic (exact) mass is 509 g/mol. The van der Waals surface area contributed by atoms with Crippen LogP contribution >= 0.6 is 23.5 Å². The van der Waals surface area contributed by atoms with Crippen LogP contribution < -0.4 is 5.73 Å². The van der Waals surface area contributed by atoms with Crippen LogP contribution in [0.15, 0.2) is 12.7 Å². The maximum Gasteiger partial charge on any atom is 0.490 e. The number of aliphatic hydroxyl groups excluding tert-OH is 2. The first-order chi connectivity index (χ1) is 14.1. The third-order valence-electron chi connectivity index (χ3n) is 3.45. The molecule has 1 aliphatic heterocycles. The molecule has 3 atom stereocenters. The maximum atomic E-state index is 10.4. The molecule has 0 spiro atoms. The molecule has 0 aliphatic carbocycles. The lowest BCUT2D eigenvalue weighted by Crippen LogP contribution is -2.19.